The van der Waals surface area contributed by atoms with Crippen molar-refractivity contribution in [3.63, 3.8) is 0 Å². The lowest BCUT2D eigenvalue weighted by atomic mass is 10.0. The van der Waals surface area contributed by atoms with Crippen molar-refractivity contribution in [1.29, 1.82) is 0 Å². The molecule has 1 fully saturated rings. The third-order valence-corrected chi connectivity index (χ3v) is 7.29. The molecule has 2 aromatic carbocycles. The van der Waals surface area contributed by atoms with E-state index in [-0.39, 0.29) is 23.0 Å². The van der Waals surface area contributed by atoms with Gasteiger partial charge in [-0.15, -0.1) is 0 Å². The summed E-state index contributed by atoms with van der Waals surface area (Å²) in [5, 5.41) is 0. The zero-order valence-corrected chi connectivity index (χ0v) is 17.6. The van der Waals surface area contributed by atoms with E-state index in [1.165, 1.54) is 10.4 Å². The molecule has 0 bridgehead atoms. The van der Waals surface area contributed by atoms with Crippen molar-refractivity contribution in [2.45, 2.75) is 43.8 Å². The molecular weight excluding hydrogens is 388 g/mol. The van der Waals surface area contributed by atoms with Gasteiger partial charge in [-0.25, -0.2) is 8.42 Å². The van der Waals surface area contributed by atoms with Crippen LogP contribution >= 0.6 is 0 Å². The molecule has 154 valence electrons. The summed E-state index contributed by atoms with van der Waals surface area (Å²) in [7, 11) is -3.69. The number of rotatable bonds is 3. The van der Waals surface area contributed by atoms with Crippen LogP contribution in [0.4, 0.5) is 5.69 Å². The summed E-state index contributed by atoms with van der Waals surface area (Å²) in [6.45, 7) is 4.98. The van der Waals surface area contributed by atoms with E-state index in [0.717, 1.165) is 24.1 Å². The molecule has 2 heterocycles. The number of sulfonamides is 1. The first-order valence-corrected chi connectivity index (χ1v) is 11.5. The normalized spacial score (nSPS) is 22.9. The van der Waals surface area contributed by atoms with Crippen molar-refractivity contribution in [2.24, 2.45) is 0 Å². The molecule has 6 nitrogen and oxygen atoms in total. The lowest BCUT2D eigenvalue weighted by Gasteiger charge is -2.34. The fourth-order valence-electron chi connectivity index (χ4n) is 4.17. The predicted octanol–water partition coefficient (Wildman–Crippen LogP) is 3.08. The molecule has 0 N–H and O–H groups in total. The third kappa shape index (κ3) is 3.95. The number of aryl methyl sites for hydroxylation is 1. The van der Waals surface area contributed by atoms with Crippen LogP contribution in [0.3, 0.4) is 0 Å². The summed E-state index contributed by atoms with van der Waals surface area (Å²) < 4.78 is 33.5. The lowest BCUT2D eigenvalue weighted by Crippen LogP contribution is -2.48. The first-order chi connectivity index (χ1) is 13.9. The van der Waals surface area contributed by atoms with Gasteiger partial charge in [-0.05, 0) is 56.5 Å². The monoisotopic (exact) mass is 414 g/mol. The summed E-state index contributed by atoms with van der Waals surface area (Å²) in [5.74, 6) is -0.169. The molecule has 0 unspecified atom stereocenters. The van der Waals surface area contributed by atoms with Crippen molar-refractivity contribution in [3.8, 4) is 0 Å². The molecule has 0 saturated carbocycles. The maximum absolute atomic E-state index is 13.2. The van der Waals surface area contributed by atoms with E-state index in [2.05, 4.69) is 0 Å². The Kier molecular flexibility index (Phi) is 5.46. The number of carbonyl (C=O) groups excluding carboxylic acids is 1. The summed E-state index contributed by atoms with van der Waals surface area (Å²) in [6.07, 6.45) is 1.51. The lowest BCUT2D eigenvalue weighted by molar-refractivity contribution is -0.0440. The first-order valence-electron chi connectivity index (χ1n) is 10.0. The zero-order valence-electron chi connectivity index (χ0n) is 16.7. The highest BCUT2D eigenvalue weighted by Crippen LogP contribution is 2.29. The molecule has 0 aromatic heterocycles. The molecule has 2 atom stereocenters. The minimum absolute atomic E-state index is 0.148. The Morgan fingerprint density at radius 3 is 2.52 bits per heavy atom. The fraction of sp³-hybridized carbons (Fsp3) is 0.409. The van der Waals surface area contributed by atoms with Crippen molar-refractivity contribution >= 4 is 21.6 Å². The van der Waals surface area contributed by atoms with Gasteiger partial charge in [-0.1, -0.05) is 24.3 Å². The molecule has 1 saturated heterocycles. The average molecular weight is 415 g/mol. The minimum atomic E-state index is -3.69. The SMILES string of the molecule is C[C@@H]1CN(S(=O)(=O)c2cccc(C(=O)N3CCCc4ccccc43)c2)C[C@@H](C)O1. The van der Waals surface area contributed by atoms with Gasteiger partial charge in [0.1, 0.15) is 0 Å². The number of para-hydroxylation sites is 1. The van der Waals surface area contributed by atoms with Crippen molar-refractivity contribution in [1.82, 2.24) is 4.31 Å². The van der Waals surface area contributed by atoms with E-state index in [9.17, 15) is 13.2 Å². The highest BCUT2D eigenvalue weighted by Gasteiger charge is 2.33. The minimum Gasteiger partial charge on any atom is -0.373 e. The van der Waals surface area contributed by atoms with Crippen LogP contribution in [0.2, 0.25) is 0 Å². The highest BCUT2D eigenvalue weighted by atomic mass is 32.2. The highest BCUT2D eigenvalue weighted by molar-refractivity contribution is 7.89. The van der Waals surface area contributed by atoms with Gasteiger partial charge in [0, 0.05) is 30.9 Å². The second kappa shape index (κ2) is 7.89. The number of hydrogen-bond donors (Lipinski definition) is 0. The quantitative estimate of drug-likeness (QED) is 0.774. The Labute approximate surface area is 172 Å². The van der Waals surface area contributed by atoms with Crippen LogP contribution in [0.15, 0.2) is 53.4 Å². The van der Waals surface area contributed by atoms with E-state index >= 15 is 0 Å². The Hall–Kier alpha value is -2.22. The Bertz CT molecular complexity index is 1010. The summed E-state index contributed by atoms with van der Waals surface area (Å²) in [5.41, 5.74) is 2.44. The number of benzene rings is 2. The predicted molar refractivity (Wildman–Crippen MR) is 112 cm³/mol. The van der Waals surface area contributed by atoms with E-state index in [1.54, 1.807) is 23.1 Å². The van der Waals surface area contributed by atoms with Crippen LogP contribution in [0.25, 0.3) is 0 Å². The van der Waals surface area contributed by atoms with Gasteiger partial charge >= 0.3 is 0 Å². The fourth-order valence-corrected chi connectivity index (χ4v) is 5.80. The topological polar surface area (TPSA) is 66.9 Å². The maximum Gasteiger partial charge on any atom is 0.258 e. The first kappa shape index (κ1) is 20.1. The number of hydrogen-bond acceptors (Lipinski definition) is 4. The van der Waals surface area contributed by atoms with Crippen LogP contribution in [0.5, 0.6) is 0 Å². The van der Waals surface area contributed by atoms with Gasteiger partial charge in [-0.3, -0.25) is 4.79 Å². The van der Waals surface area contributed by atoms with E-state index < -0.39 is 10.0 Å². The molecule has 29 heavy (non-hydrogen) atoms. The number of morpholine rings is 1. The number of amides is 1. The van der Waals surface area contributed by atoms with Crippen LogP contribution in [0.1, 0.15) is 36.2 Å². The van der Waals surface area contributed by atoms with Gasteiger partial charge in [0.25, 0.3) is 5.91 Å². The summed E-state index contributed by atoms with van der Waals surface area (Å²) >= 11 is 0. The van der Waals surface area contributed by atoms with Gasteiger partial charge in [0.2, 0.25) is 10.0 Å². The Morgan fingerprint density at radius 1 is 1.03 bits per heavy atom. The molecule has 0 aliphatic carbocycles. The molecule has 0 spiro atoms. The van der Waals surface area contributed by atoms with E-state index in [0.29, 0.717) is 25.2 Å². The average Bonchev–Trinajstić information content (AvgIpc) is 2.72. The van der Waals surface area contributed by atoms with Gasteiger partial charge in [0.05, 0.1) is 17.1 Å². The summed E-state index contributed by atoms with van der Waals surface area (Å²) in [4.78, 5) is 15.1. The second-order valence-electron chi connectivity index (χ2n) is 7.80. The Morgan fingerprint density at radius 2 is 1.76 bits per heavy atom. The standard InChI is InChI=1S/C22H26N2O4S/c1-16-14-23(15-17(2)28-16)29(26,27)20-10-5-8-19(13-20)22(25)24-12-6-9-18-7-3-4-11-21(18)24/h3-5,7-8,10-11,13,16-17H,6,9,12,14-15H2,1-2H3/t16-,17-/m1/s1. The zero-order chi connectivity index (χ0) is 20.6. The molecule has 7 heteroatoms. The van der Waals surface area contributed by atoms with E-state index in [1.807, 2.05) is 38.1 Å². The molecular formula is C22H26N2O4S. The number of anilines is 1. The molecule has 4 rings (SSSR count). The Balaban J connectivity index is 1.63. The third-order valence-electron chi connectivity index (χ3n) is 5.46. The number of nitrogens with zero attached hydrogens (tertiary/aromatic N) is 2. The molecule has 0 radical (unpaired) electrons. The second-order valence-corrected chi connectivity index (χ2v) is 9.73. The molecule has 2 aliphatic heterocycles. The largest absolute Gasteiger partial charge is 0.373 e. The van der Waals surface area contributed by atoms with Gasteiger partial charge in [0.15, 0.2) is 0 Å². The smallest absolute Gasteiger partial charge is 0.258 e. The van der Waals surface area contributed by atoms with Crippen LogP contribution in [-0.2, 0) is 21.2 Å². The van der Waals surface area contributed by atoms with Crippen LogP contribution < -0.4 is 4.90 Å². The molecule has 2 aromatic rings. The van der Waals surface area contributed by atoms with Gasteiger partial charge in [-0.2, -0.15) is 4.31 Å². The van der Waals surface area contributed by atoms with Crippen molar-refractivity contribution in [2.75, 3.05) is 24.5 Å². The number of fused-ring (bicyclic) bond motifs is 1. The number of carbonyl (C=O) groups is 1. The van der Waals surface area contributed by atoms with Crippen LogP contribution in [-0.4, -0.2) is 50.5 Å². The number of ether oxygens (including phenoxy) is 1. The summed E-state index contributed by atoms with van der Waals surface area (Å²) in [6, 6.07) is 14.3. The van der Waals surface area contributed by atoms with Gasteiger partial charge < -0.3 is 9.64 Å². The van der Waals surface area contributed by atoms with Crippen LogP contribution in [0, 0.1) is 0 Å². The molecule has 2 aliphatic rings. The van der Waals surface area contributed by atoms with E-state index in [4.69, 9.17) is 4.74 Å². The molecule has 1 amide bonds. The maximum atomic E-state index is 13.2. The van der Waals surface area contributed by atoms with Crippen molar-refractivity contribution < 1.29 is 17.9 Å². The van der Waals surface area contributed by atoms with Crippen molar-refractivity contribution in [3.05, 3.63) is 59.7 Å².